The topological polar surface area (TPSA) is 32.3 Å². The number of anilines is 1. The van der Waals surface area contributed by atoms with Crippen molar-refractivity contribution < 1.29 is 4.39 Å². The first-order chi connectivity index (χ1) is 11.3. The van der Waals surface area contributed by atoms with Gasteiger partial charge in [-0.05, 0) is 48.6 Å². The van der Waals surface area contributed by atoms with Crippen LogP contribution in [0.1, 0.15) is 23.2 Å². The van der Waals surface area contributed by atoms with Gasteiger partial charge in [0, 0.05) is 32.7 Å². The highest BCUT2D eigenvalue weighted by atomic mass is 19.1. The van der Waals surface area contributed by atoms with Gasteiger partial charge < -0.3 is 4.90 Å². The third-order valence-corrected chi connectivity index (χ3v) is 4.82. The number of aromatic nitrogens is 2. The average Bonchev–Trinajstić information content (AvgIpc) is 3.05. The van der Waals surface area contributed by atoms with Crippen LogP contribution < -0.4 is 4.90 Å². The summed E-state index contributed by atoms with van der Waals surface area (Å²) in [6, 6.07) is 9.03. The molecule has 1 aliphatic heterocycles. The molecule has 4 rings (SSSR count). The lowest BCUT2D eigenvalue weighted by atomic mass is 10.2. The molecule has 0 N–H and O–H groups in total. The first-order valence-corrected chi connectivity index (χ1v) is 8.35. The highest BCUT2D eigenvalue weighted by Crippen LogP contribution is 2.23. The Kier molecular flexibility index (Phi) is 3.95. The minimum atomic E-state index is -0.172. The average molecular weight is 312 g/mol. The molecule has 23 heavy (non-hydrogen) atoms. The van der Waals surface area contributed by atoms with Gasteiger partial charge in [-0.15, -0.1) is 5.10 Å². The van der Waals surface area contributed by atoms with Crippen LogP contribution >= 0.6 is 0 Å². The maximum absolute atomic E-state index is 13.0. The molecule has 2 aromatic rings. The predicted octanol–water partition coefficient (Wildman–Crippen LogP) is 2.43. The Labute approximate surface area is 135 Å². The smallest absolute Gasteiger partial charge is 0.151 e. The van der Waals surface area contributed by atoms with Gasteiger partial charge in [-0.2, -0.15) is 5.10 Å². The Bertz CT molecular complexity index is 678. The van der Waals surface area contributed by atoms with Gasteiger partial charge in [-0.1, -0.05) is 12.1 Å². The van der Waals surface area contributed by atoms with Crippen molar-refractivity contribution in [3.63, 3.8) is 0 Å². The van der Waals surface area contributed by atoms with Crippen LogP contribution in [0.25, 0.3) is 0 Å². The lowest BCUT2D eigenvalue weighted by Crippen LogP contribution is -2.46. The van der Waals surface area contributed by atoms with Gasteiger partial charge in [-0.3, -0.25) is 4.90 Å². The monoisotopic (exact) mass is 312 g/mol. The molecular weight excluding hydrogens is 291 g/mol. The summed E-state index contributed by atoms with van der Waals surface area (Å²) >= 11 is 0. The molecule has 1 fully saturated rings. The molecule has 1 saturated heterocycles. The predicted molar refractivity (Wildman–Crippen MR) is 87.9 cm³/mol. The SMILES string of the molecule is Fc1ccc(CN2CCN(c3cc4c(nn3)CCC4)CC2)cc1. The molecule has 2 aliphatic rings. The van der Waals surface area contributed by atoms with E-state index in [4.69, 9.17) is 0 Å². The Morgan fingerprint density at radius 3 is 2.52 bits per heavy atom. The van der Waals surface area contributed by atoms with Crippen LogP contribution in [0.5, 0.6) is 0 Å². The molecule has 2 heterocycles. The van der Waals surface area contributed by atoms with Crippen molar-refractivity contribution >= 4 is 5.82 Å². The highest BCUT2D eigenvalue weighted by Gasteiger charge is 2.21. The van der Waals surface area contributed by atoms with Gasteiger partial charge in [-0.25, -0.2) is 4.39 Å². The Morgan fingerprint density at radius 2 is 1.74 bits per heavy atom. The zero-order valence-electron chi connectivity index (χ0n) is 13.2. The van der Waals surface area contributed by atoms with E-state index in [0.29, 0.717) is 0 Å². The van der Waals surface area contributed by atoms with Gasteiger partial charge >= 0.3 is 0 Å². The first-order valence-electron chi connectivity index (χ1n) is 8.35. The largest absolute Gasteiger partial charge is 0.353 e. The molecule has 0 amide bonds. The van der Waals surface area contributed by atoms with E-state index in [1.54, 1.807) is 0 Å². The summed E-state index contributed by atoms with van der Waals surface area (Å²) in [6.45, 7) is 4.81. The van der Waals surface area contributed by atoms with Crippen molar-refractivity contribution in [2.45, 2.75) is 25.8 Å². The number of halogens is 1. The van der Waals surface area contributed by atoms with Crippen molar-refractivity contribution in [2.75, 3.05) is 31.1 Å². The Morgan fingerprint density at radius 1 is 0.957 bits per heavy atom. The van der Waals surface area contributed by atoms with Crippen LogP contribution in [0.3, 0.4) is 0 Å². The molecule has 0 saturated carbocycles. The summed E-state index contributed by atoms with van der Waals surface area (Å²) in [4.78, 5) is 4.73. The zero-order chi connectivity index (χ0) is 15.6. The quantitative estimate of drug-likeness (QED) is 0.871. The van der Waals surface area contributed by atoms with E-state index in [9.17, 15) is 4.39 Å². The van der Waals surface area contributed by atoms with Crippen molar-refractivity contribution in [1.29, 1.82) is 0 Å². The van der Waals surface area contributed by atoms with Crippen LogP contribution in [0.15, 0.2) is 30.3 Å². The van der Waals surface area contributed by atoms with E-state index in [1.165, 1.54) is 29.8 Å². The highest BCUT2D eigenvalue weighted by molar-refractivity contribution is 5.43. The van der Waals surface area contributed by atoms with E-state index >= 15 is 0 Å². The molecule has 0 unspecified atom stereocenters. The maximum atomic E-state index is 13.0. The van der Waals surface area contributed by atoms with Gasteiger partial charge in [0.1, 0.15) is 5.82 Å². The van der Waals surface area contributed by atoms with Crippen LogP contribution in [-0.4, -0.2) is 41.3 Å². The fraction of sp³-hybridized carbons (Fsp3) is 0.444. The Balaban J connectivity index is 1.36. The zero-order valence-corrected chi connectivity index (χ0v) is 13.2. The van der Waals surface area contributed by atoms with Gasteiger partial charge in [0.2, 0.25) is 0 Å². The second-order valence-electron chi connectivity index (χ2n) is 6.42. The summed E-state index contributed by atoms with van der Waals surface area (Å²) in [5.41, 5.74) is 3.73. The lowest BCUT2D eigenvalue weighted by Gasteiger charge is -2.35. The summed E-state index contributed by atoms with van der Waals surface area (Å²) in [5.74, 6) is 0.848. The summed E-state index contributed by atoms with van der Waals surface area (Å²) < 4.78 is 13.0. The molecular formula is C18H21FN4. The molecule has 0 radical (unpaired) electrons. The van der Waals surface area contributed by atoms with E-state index in [2.05, 4.69) is 26.1 Å². The minimum absolute atomic E-state index is 0.172. The second-order valence-corrected chi connectivity index (χ2v) is 6.42. The third kappa shape index (κ3) is 3.20. The minimum Gasteiger partial charge on any atom is -0.353 e. The molecule has 120 valence electrons. The van der Waals surface area contributed by atoms with E-state index in [1.807, 2.05) is 12.1 Å². The van der Waals surface area contributed by atoms with Gasteiger partial charge in [0.05, 0.1) is 5.69 Å². The van der Waals surface area contributed by atoms with Crippen molar-refractivity contribution in [3.05, 3.63) is 53.0 Å². The normalized spacial score (nSPS) is 18.2. The van der Waals surface area contributed by atoms with Crippen LogP contribution in [-0.2, 0) is 19.4 Å². The molecule has 5 heteroatoms. The number of nitrogens with zero attached hydrogens (tertiary/aromatic N) is 4. The number of aryl methyl sites for hydroxylation is 2. The lowest BCUT2D eigenvalue weighted by molar-refractivity contribution is 0.249. The molecule has 1 aromatic carbocycles. The number of hydrogen-bond acceptors (Lipinski definition) is 4. The number of piperazine rings is 1. The van der Waals surface area contributed by atoms with Gasteiger partial charge in [0.25, 0.3) is 0 Å². The fourth-order valence-corrected chi connectivity index (χ4v) is 3.45. The van der Waals surface area contributed by atoms with Crippen LogP contribution in [0.4, 0.5) is 10.2 Å². The number of fused-ring (bicyclic) bond motifs is 1. The summed E-state index contributed by atoms with van der Waals surface area (Å²) in [7, 11) is 0. The molecule has 1 aromatic heterocycles. The van der Waals surface area contributed by atoms with Crippen molar-refractivity contribution in [3.8, 4) is 0 Å². The van der Waals surface area contributed by atoms with E-state index < -0.39 is 0 Å². The molecule has 4 nitrogen and oxygen atoms in total. The van der Waals surface area contributed by atoms with Gasteiger partial charge in [0.15, 0.2) is 5.82 Å². The van der Waals surface area contributed by atoms with Crippen LogP contribution in [0, 0.1) is 5.82 Å². The fourth-order valence-electron chi connectivity index (χ4n) is 3.45. The number of rotatable bonds is 3. The number of benzene rings is 1. The molecule has 0 bridgehead atoms. The second kappa shape index (κ2) is 6.24. The molecule has 1 aliphatic carbocycles. The van der Waals surface area contributed by atoms with E-state index in [-0.39, 0.29) is 5.82 Å². The van der Waals surface area contributed by atoms with Crippen molar-refractivity contribution in [1.82, 2.24) is 15.1 Å². The molecule has 0 spiro atoms. The first kappa shape index (κ1) is 14.6. The molecule has 0 atom stereocenters. The Hall–Kier alpha value is -2.01. The summed E-state index contributed by atoms with van der Waals surface area (Å²) in [5, 5.41) is 8.80. The standard InChI is InChI=1S/C18H21FN4/c19-16-6-4-14(5-7-16)13-22-8-10-23(11-9-22)18-12-15-2-1-3-17(15)20-21-18/h4-7,12H,1-3,8-11,13H2. The third-order valence-electron chi connectivity index (χ3n) is 4.82. The van der Waals surface area contributed by atoms with Crippen LogP contribution in [0.2, 0.25) is 0 Å². The number of hydrogen-bond donors (Lipinski definition) is 0. The summed E-state index contributed by atoms with van der Waals surface area (Å²) in [6.07, 6.45) is 3.43. The maximum Gasteiger partial charge on any atom is 0.151 e. The van der Waals surface area contributed by atoms with Crippen molar-refractivity contribution in [2.24, 2.45) is 0 Å². The van der Waals surface area contributed by atoms with E-state index in [0.717, 1.165) is 56.9 Å².